The maximum absolute atomic E-state index is 11.3. The first-order valence-corrected chi connectivity index (χ1v) is 10.3. The number of sulfonamides is 1. The summed E-state index contributed by atoms with van der Waals surface area (Å²) in [5.74, 6) is 0.453. The monoisotopic (exact) mass is 426 g/mol. The first kappa shape index (κ1) is 18.2. The van der Waals surface area contributed by atoms with Crippen LogP contribution in [0.5, 0.6) is 0 Å². The topological polar surface area (TPSA) is 107 Å². The summed E-state index contributed by atoms with van der Waals surface area (Å²) in [7, 11) is -3.70. The molecule has 1 saturated heterocycles. The Morgan fingerprint density at radius 1 is 1.32 bits per heavy atom. The molecule has 134 valence electrons. The highest BCUT2D eigenvalue weighted by molar-refractivity contribution is 9.10. The quantitative estimate of drug-likeness (QED) is 0.734. The summed E-state index contributed by atoms with van der Waals surface area (Å²) >= 11 is 3.48. The third kappa shape index (κ3) is 4.97. The number of aromatic nitrogens is 2. The summed E-state index contributed by atoms with van der Waals surface area (Å²) in [6.45, 7) is 0.844. The lowest BCUT2D eigenvalue weighted by Gasteiger charge is -2.11. The van der Waals surface area contributed by atoms with E-state index in [4.69, 9.17) is 9.88 Å². The van der Waals surface area contributed by atoms with Crippen molar-refractivity contribution in [1.29, 1.82) is 0 Å². The summed E-state index contributed by atoms with van der Waals surface area (Å²) in [6.07, 6.45) is 5.97. The number of benzene rings is 1. The third-order valence-electron chi connectivity index (χ3n) is 3.98. The van der Waals surface area contributed by atoms with Gasteiger partial charge in [-0.05, 0) is 65.9 Å². The van der Waals surface area contributed by atoms with Crippen molar-refractivity contribution in [2.45, 2.75) is 36.7 Å². The molecule has 0 amide bonds. The normalized spacial score (nSPS) is 17.6. The highest BCUT2D eigenvalue weighted by atomic mass is 79.9. The Kier molecular flexibility index (Phi) is 5.67. The Bertz CT molecular complexity index is 837. The largest absolute Gasteiger partial charge is 0.378 e. The first-order chi connectivity index (χ1) is 11.9. The van der Waals surface area contributed by atoms with Crippen LogP contribution in [0.15, 0.2) is 39.8 Å². The number of primary sulfonamides is 1. The highest BCUT2D eigenvalue weighted by Crippen LogP contribution is 2.23. The number of aryl methyl sites for hydroxylation is 1. The Labute approximate surface area is 155 Å². The van der Waals surface area contributed by atoms with Crippen LogP contribution in [0.2, 0.25) is 0 Å². The zero-order valence-electron chi connectivity index (χ0n) is 13.5. The molecular weight excluding hydrogens is 408 g/mol. The number of hydrogen-bond acceptors (Lipinski definition) is 6. The van der Waals surface area contributed by atoms with Crippen LogP contribution in [0, 0.1) is 0 Å². The summed E-state index contributed by atoms with van der Waals surface area (Å²) in [4.78, 5) is 8.84. The lowest BCUT2D eigenvalue weighted by Crippen LogP contribution is -2.12. The van der Waals surface area contributed by atoms with Gasteiger partial charge in [-0.15, -0.1) is 0 Å². The van der Waals surface area contributed by atoms with Gasteiger partial charge in [-0.25, -0.2) is 23.5 Å². The van der Waals surface area contributed by atoms with Crippen LogP contribution in [0.1, 0.15) is 25.0 Å². The van der Waals surface area contributed by atoms with E-state index in [1.807, 2.05) is 0 Å². The first-order valence-electron chi connectivity index (χ1n) is 7.95. The molecule has 25 heavy (non-hydrogen) atoms. The molecule has 7 nitrogen and oxygen atoms in total. The summed E-state index contributed by atoms with van der Waals surface area (Å²) in [5, 5.41) is 8.16. The summed E-state index contributed by atoms with van der Waals surface area (Å²) in [5.41, 5.74) is 1.59. The number of nitrogens with zero attached hydrogens (tertiary/aromatic N) is 2. The van der Waals surface area contributed by atoms with Gasteiger partial charge in [0.1, 0.15) is 0 Å². The predicted octanol–water partition coefficient (Wildman–Crippen LogP) is 2.74. The second-order valence-electron chi connectivity index (χ2n) is 5.86. The smallest absolute Gasteiger partial charge is 0.238 e. The molecule has 2 aromatic rings. The molecule has 1 unspecified atom stereocenters. The van der Waals surface area contributed by atoms with Crippen LogP contribution < -0.4 is 10.5 Å². The SMILES string of the molecule is NS(=O)(=O)c1ccc(Nc2ncc(Br)c(CCC3CCCO3)n2)cc1. The van der Waals surface area contributed by atoms with E-state index in [9.17, 15) is 8.42 Å². The van der Waals surface area contributed by atoms with E-state index in [2.05, 4.69) is 31.2 Å². The number of nitrogens with one attached hydrogen (secondary N) is 1. The summed E-state index contributed by atoms with van der Waals surface area (Å²) in [6, 6.07) is 6.12. The van der Waals surface area contributed by atoms with E-state index in [0.717, 1.165) is 42.5 Å². The number of nitrogens with two attached hydrogens (primary N) is 1. The van der Waals surface area contributed by atoms with Crippen molar-refractivity contribution < 1.29 is 13.2 Å². The van der Waals surface area contributed by atoms with Crippen LogP contribution in [-0.4, -0.2) is 31.1 Å². The molecule has 0 radical (unpaired) electrons. The van der Waals surface area contributed by atoms with Gasteiger partial charge in [-0.3, -0.25) is 0 Å². The molecule has 3 rings (SSSR count). The van der Waals surface area contributed by atoms with Crippen molar-refractivity contribution in [3.63, 3.8) is 0 Å². The third-order valence-corrected chi connectivity index (χ3v) is 5.57. The van der Waals surface area contributed by atoms with Crippen LogP contribution in [-0.2, 0) is 21.2 Å². The standard InChI is InChI=1S/C16H19BrN4O3S/c17-14-10-19-16(21-15(14)8-5-12-2-1-9-24-12)20-11-3-6-13(7-4-11)25(18,22)23/h3-4,6-7,10,12H,1-2,5,8-9H2,(H2,18,22,23)(H,19,20,21). The van der Waals surface area contributed by atoms with E-state index >= 15 is 0 Å². The van der Waals surface area contributed by atoms with E-state index in [1.165, 1.54) is 12.1 Å². The molecule has 0 bridgehead atoms. The molecule has 1 atom stereocenters. The van der Waals surface area contributed by atoms with Crippen molar-refractivity contribution >= 4 is 37.6 Å². The van der Waals surface area contributed by atoms with Gasteiger partial charge in [-0.1, -0.05) is 0 Å². The fourth-order valence-electron chi connectivity index (χ4n) is 2.66. The molecule has 0 spiro atoms. The zero-order valence-corrected chi connectivity index (χ0v) is 15.9. The molecule has 3 N–H and O–H groups in total. The van der Waals surface area contributed by atoms with E-state index in [-0.39, 0.29) is 4.90 Å². The molecule has 0 aliphatic carbocycles. The average molecular weight is 427 g/mol. The molecule has 0 saturated carbocycles. The van der Waals surface area contributed by atoms with Gasteiger partial charge in [0.15, 0.2) is 0 Å². The number of ether oxygens (including phenoxy) is 1. The van der Waals surface area contributed by atoms with Gasteiger partial charge in [0.2, 0.25) is 16.0 Å². The van der Waals surface area contributed by atoms with Crippen molar-refractivity contribution in [3.05, 3.63) is 40.6 Å². The average Bonchev–Trinajstić information content (AvgIpc) is 3.08. The van der Waals surface area contributed by atoms with Gasteiger partial charge >= 0.3 is 0 Å². The second-order valence-corrected chi connectivity index (χ2v) is 8.27. The summed E-state index contributed by atoms with van der Waals surface area (Å²) < 4.78 is 29.1. The van der Waals surface area contributed by atoms with Crippen molar-refractivity contribution in [2.24, 2.45) is 5.14 Å². The Morgan fingerprint density at radius 2 is 2.08 bits per heavy atom. The van der Waals surface area contributed by atoms with Gasteiger partial charge in [0.05, 0.1) is 21.2 Å². The Hall–Kier alpha value is -1.55. The number of anilines is 2. The lowest BCUT2D eigenvalue weighted by atomic mass is 10.1. The minimum atomic E-state index is -3.70. The zero-order chi connectivity index (χ0) is 17.9. The molecule has 1 aromatic heterocycles. The minimum absolute atomic E-state index is 0.0621. The number of halogens is 1. The molecule has 1 fully saturated rings. The molecule has 9 heteroatoms. The fraction of sp³-hybridized carbons (Fsp3) is 0.375. The van der Waals surface area contributed by atoms with Crippen LogP contribution in [0.4, 0.5) is 11.6 Å². The van der Waals surface area contributed by atoms with Crippen LogP contribution in [0.25, 0.3) is 0 Å². The number of hydrogen-bond donors (Lipinski definition) is 2. The predicted molar refractivity (Wildman–Crippen MR) is 98.1 cm³/mol. The van der Waals surface area contributed by atoms with Crippen LogP contribution in [0.3, 0.4) is 0 Å². The lowest BCUT2D eigenvalue weighted by molar-refractivity contribution is 0.104. The highest BCUT2D eigenvalue weighted by Gasteiger charge is 2.16. The molecular formula is C16H19BrN4O3S. The van der Waals surface area contributed by atoms with Crippen molar-refractivity contribution in [2.75, 3.05) is 11.9 Å². The van der Waals surface area contributed by atoms with Gasteiger partial charge in [0.25, 0.3) is 0 Å². The second kappa shape index (κ2) is 7.77. The Balaban J connectivity index is 1.68. The van der Waals surface area contributed by atoms with Gasteiger partial charge in [0, 0.05) is 18.5 Å². The minimum Gasteiger partial charge on any atom is -0.378 e. The van der Waals surface area contributed by atoms with E-state index in [1.54, 1.807) is 18.3 Å². The number of rotatable bonds is 6. The molecule has 1 aromatic carbocycles. The fourth-order valence-corrected chi connectivity index (χ4v) is 3.57. The molecule has 1 aliphatic heterocycles. The Morgan fingerprint density at radius 3 is 2.72 bits per heavy atom. The molecule has 1 aliphatic rings. The van der Waals surface area contributed by atoms with Crippen LogP contribution >= 0.6 is 15.9 Å². The van der Waals surface area contributed by atoms with Gasteiger partial charge in [-0.2, -0.15) is 0 Å². The van der Waals surface area contributed by atoms with Crippen molar-refractivity contribution in [1.82, 2.24) is 9.97 Å². The maximum atomic E-state index is 11.3. The van der Waals surface area contributed by atoms with Crippen molar-refractivity contribution in [3.8, 4) is 0 Å². The molecule has 2 heterocycles. The van der Waals surface area contributed by atoms with E-state index in [0.29, 0.717) is 17.7 Å². The van der Waals surface area contributed by atoms with Gasteiger partial charge < -0.3 is 10.1 Å². The maximum Gasteiger partial charge on any atom is 0.238 e. The van der Waals surface area contributed by atoms with E-state index < -0.39 is 10.0 Å².